The van der Waals surface area contributed by atoms with Gasteiger partial charge in [-0.2, -0.15) is 0 Å². The van der Waals surface area contributed by atoms with Crippen molar-refractivity contribution in [3.05, 3.63) is 64.7 Å². The molecule has 1 aliphatic heterocycles. The Morgan fingerprint density at radius 1 is 1.15 bits per heavy atom. The van der Waals surface area contributed by atoms with Gasteiger partial charge >= 0.3 is 0 Å². The van der Waals surface area contributed by atoms with E-state index >= 15 is 0 Å². The Kier molecular flexibility index (Phi) is 5.78. The zero-order valence-corrected chi connectivity index (χ0v) is 16.3. The van der Waals surface area contributed by atoms with Crippen LogP contribution in [0.25, 0.3) is 12.2 Å². The molecule has 27 heavy (non-hydrogen) atoms. The fourth-order valence-electron chi connectivity index (χ4n) is 3.15. The largest absolute Gasteiger partial charge is 0.391 e. The normalized spacial score (nSPS) is 15.0. The predicted molar refractivity (Wildman–Crippen MR) is 112 cm³/mol. The van der Waals surface area contributed by atoms with E-state index in [0.717, 1.165) is 27.9 Å². The van der Waals surface area contributed by atoms with Gasteiger partial charge in [-0.15, -0.1) is 0 Å². The molecule has 0 spiro atoms. The van der Waals surface area contributed by atoms with E-state index in [4.69, 9.17) is 0 Å². The number of carbonyl (C=O) groups is 1. The number of carbonyl (C=O) groups excluding carboxylic acids is 1. The molecule has 0 radical (unpaired) electrons. The molecule has 0 aliphatic carbocycles. The lowest BCUT2D eigenvalue weighted by molar-refractivity contribution is -0.115. The lowest BCUT2D eigenvalue weighted by Crippen LogP contribution is -2.41. The van der Waals surface area contributed by atoms with Gasteiger partial charge < -0.3 is 15.7 Å². The topological polar surface area (TPSA) is 61.4 Å². The first kappa shape index (κ1) is 19.3. The maximum absolute atomic E-state index is 11.6. The number of hydrogen-bond acceptors (Lipinski definition) is 3. The van der Waals surface area contributed by atoms with E-state index in [2.05, 4.69) is 67.8 Å². The van der Waals surface area contributed by atoms with Crippen molar-refractivity contribution in [2.75, 3.05) is 11.9 Å². The van der Waals surface area contributed by atoms with Crippen molar-refractivity contribution >= 4 is 23.7 Å². The van der Waals surface area contributed by atoms with E-state index in [-0.39, 0.29) is 11.4 Å². The van der Waals surface area contributed by atoms with E-state index in [9.17, 15) is 9.90 Å². The van der Waals surface area contributed by atoms with Crippen LogP contribution in [0.15, 0.2) is 42.5 Å². The monoisotopic (exact) mass is 364 g/mol. The van der Waals surface area contributed by atoms with Gasteiger partial charge in [0.1, 0.15) is 0 Å². The molecular formula is C23H28N2O2. The van der Waals surface area contributed by atoms with Crippen LogP contribution in [-0.4, -0.2) is 29.2 Å². The van der Waals surface area contributed by atoms with E-state index in [1.54, 1.807) is 0 Å². The molecule has 2 aromatic rings. The van der Waals surface area contributed by atoms with Gasteiger partial charge in [-0.1, -0.05) is 48.6 Å². The summed E-state index contributed by atoms with van der Waals surface area (Å²) in [4.78, 5) is 11.6. The first-order valence-corrected chi connectivity index (χ1v) is 9.42. The maximum atomic E-state index is 11.6. The molecule has 1 aliphatic rings. The third-order valence-corrected chi connectivity index (χ3v) is 4.60. The Morgan fingerprint density at radius 2 is 1.89 bits per heavy atom. The van der Waals surface area contributed by atoms with Crippen molar-refractivity contribution in [2.45, 2.75) is 45.3 Å². The number of nitrogens with one attached hydrogen (secondary N) is 2. The summed E-state index contributed by atoms with van der Waals surface area (Å²) >= 11 is 0. The van der Waals surface area contributed by atoms with Crippen LogP contribution < -0.4 is 10.6 Å². The third kappa shape index (κ3) is 5.52. The first-order valence-electron chi connectivity index (χ1n) is 9.42. The fraction of sp³-hybridized carbons (Fsp3) is 0.348. The predicted octanol–water partition coefficient (Wildman–Crippen LogP) is 3.64. The highest BCUT2D eigenvalue weighted by Gasteiger charge is 2.19. The number of hydrogen-bond donors (Lipinski definition) is 3. The molecule has 0 saturated carbocycles. The quantitative estimate of drug-likeness (QED) is 0.686. The number of fused-ring (bicyclic) bond motifs is 1. The Morgan fingerprint density at radius 3 is 2.59 bits per heavy atom. The van der Waals surface area contributed by atoms with E-state index in [1.807, 2.05) is 18.2 Å². The first-order chi connectivity index (χ1) is 12.8. The number of aliphatic hydroxyl groups excluding tert-OH is 1. The summed E-state index contributed by atoms with van der Waals surface area (Å²) in [6.45, 7) is 6.86. The second-order valence-electron chi connectivity index (χ2n) is 8.16. The molecular weight excluding hydrogens is 336 g/mol. The lowest BCUT2D eigenvalue weighted by atomic mass is 10.0. The summed E-state index contributed by atoms with van der Waals surface area (Å²) in [5.74, 6) is 0.0507. The minimum absolute atomic E-state index is 0.00732. The summed E-state index contributed by atoms with van der Waals surface area (Å²) in [6, 6.07) is 14.2. The maximum Gasteiger partial charge on any atom is 0.228 e. The number of benzene rings is 2. The Labute approximate surface area is 161 Å². The van der Waals surface area contributed by atoms with Crippen LogP contribution in [0.5, 0.6) is 0 Å². The van der Waals surface area contributed by atoms with Gasteiger partial charge in [0.2, 0.25) is 5.91 Å². The van der Waals surface area contributed by atoms with Crippen LogP contribution in [0, 0.1) is 0 Å². The third-order valence-electron chi connectivity index (χ3n) is 4.60. The number of aliphatic hydroxyl groups is 1. The minimum Gasteiger partial charge on any atom is -0.391 e. The average Bonchev–Trinajstić information content (AvgIpc) is 2.99. The Bertz CT molecular complexity index is 832. The molecule has 1 unspecified atom stereocenters. The average molecular weight is 364 g/mol. The minimum atomic E-state index is -0.400. The Balaban J connectivity index is 1.61. The molecule has 3 N–H and O–H groups in total. The van der Waals surface area contributed by atoms with Gasteiger partial charge in [0, 0.05) is 17.8 Å². The SMILES string of the molecule is CC(C)(C)NCC(O)Cc1ccc(/C=C/c2cccc3c2CC(=O)N3)cc1. The van der Waals surface area contributed by atoms with Gasteiger partial charge in [-0.05, 0) is 55.5 Å². The van der Waals surface area contributed by atoms with Crippen molar-refractivity contribution in [1.29, 1.82) is 0 Å². The smallest absolute Gasteiger partial charge is 0.228 e. The molecule has 0 aromatic heterocycles. The van der Waals surface area contributed by atoms with Crippen LogP contribution in [0.4, 0.5) is 5.69 Å². The molecule has 3 rings (SSSR count). The summed E-state index contributed by atoms with van der Waals surface area (Å²) < 4.78 is 0. The molecule has 0 fully saturated rings. The molecule has 0 bridgehead atoms. The molecule has 1 heterocycles. The van der Waals surface area contributed by atoms with Gasteiger partial charge in [0.05, 0.1) is 12.5 Å². The molecule has 1 amide bonds. The van der Waals surface area contributed by atoms with E-state index < -0.39 is 6.10 Å². The lowest BCUT2D eigenvalue weighted by Gasteiger charge is -2.22. The number of amides is 1. The summed E-state index contributed by atoms with van der Waals surface area (Å²) in [6.07, 6.45) is 4.78. The molecule has 142 valence electrons. The molecule has 2 aromatic carbocycles. The summed E-state index contributed by atoms with van der Waals surface area (Å²) in [5.41, 5.74) is 5.26. The van der Waals surface area contributed by atoms with E-state index in [1.165, 1.54) is 0 Å². The second kappa shape index (κ2) is 8.07. The number of rotatable bonds is 6. The zero-order valence-electron chi connectivity index (χ0n) is 16.3. The second-order valence-corrected chi connectivity index (χ2v) is 8.16. The van der Waals surface area contributed by atoms with Gasteiger partial charge in [-0.3, -0.25) is 4.79 Å². The van der Waals surface area contributed by atoms with Crippen molar-refractivity contribution in [2.24, 2.45) is 0 Å². The zero-order chi connectivity index (χ0) is 19.4. The van der Waals surface area contributed by atoms with Crippen molar-refractivity contribution in [1.82, 2.24) is 5.32 Å². The van der Waals surface area contributed by atoms with Crippen LogP contribution in [0.1, 0.15) is 43.0 Å². The highest BCUT2D eigenvalue weighted by molar-refractivity contribution is 6.00. The summed E-state index contributed by atoms with van der Waals surface area (Å²) in [5, 5.41) is 16.4. The fourth-order valence-corrected chi connectivity index (χ4v) is 3.15. The van der Waals surface area contributed by atoms with Gasteiger partial charge in [0.25, 0.3) is 0 Å². The highest BCUT2D eigenvalue weighted by Crippen LogP contribution is 2.27. The molecule has 4 heteroatoms. The Hall–Kier alpha value is -2.43. The molecule has 4 nitrogen and oxygen atoms in total. The van der Waals surface area contributed by atoms with Gasteiger partial charge in [-0.25, -0.2) is 0 Å². The molecule has 1 atom stereocenters. The van der Waals surface area contributed by atoms with Crippen molar-refractivity contribution in [3.63, 3.8) is 0 Å². The summed E-state index contributed by atoms with van der Waals surface area (Å²) in [7, 11) is 0. The number of β-amino-alcohol motifs (C(OH)–C–C–N with tert-alkyl or cyclic N) is 1. The van der Waals surface area contributed by atoms with Crippen LogP contribution >= 0.6 is 0 Å². The molecule has 0 saturated heterocycles. The van der Waals surface area contributed by atoms with E-state index in [0.29, 0.717) is 19.4 Å². The number of anilines is 1. The van der Waals surface area contributed by atoms with Crippen molar-refractivity contribution < 1.29 is 9.90 Å². The van der Waals surface area contributed by atoms with Crippen LogP contribution in [-0.2, 0) is 17.6 Å². The van der Waals surface area contributed by atoms with Gasteiger partial charge in [0.15, 0.2) is 0 Å². The van der Waals surface area contributed by atoms with Crippen LogP contribution in [0.3, 0.4) is 0 Å². The highest BCUT2D eigenvalue weighted by atomic mass is 16.3. The van der Waals surface area contributed by atoms with Crippen LogP contribution in [0.2, 0.25) is 0 Å². The standard InChI is InChI=1S/C23H28N2O2/c1-23(2,3)24-15-19(26)13-17-9-7-16(8-10-17)11-12-18-5-4-6-21-20(18)14-22(27)25-21/h4-12,19,24,26H,13-15H2,1-3H3,(H,25,27)/b12-11+. The van der Waals surface area contributed by atoms with Crippen molar-refractivity contribution in [3.8, 4) is 0 Å².